The van der Waals surface area contributed by atoms with Gasteiger partial charge in [0, 0.05) is 70.0 Å². The van der Waals surface area contributed by atoms with Gasteiger partial charge < -0.3 is 15.0 Å². The van der Waals surface area contributed by atoms with Crippen LogP contribution in [0.2, 0.25) is 0 Å². The summed E-state index contributed by atoms with van der Waals surface area (Å²) in [6, 6.07) is 2.06. The highest BCUT2D eigenvalue weighted by atomic mass is 16.5. The number of ether oxygens (including phenoxy) is 1. The number of piperazine rings is 1. The van der Waals surface area contributed by atoms with E-state index >= 15 is 0 Å². The summed E-state index contributed by atoms with van der Waals surface area (Å²) in [5, 5.41) is 3.08. The summed E-state index contributed by atoms with van der Waals surface area (Å²) in [4.78, 5) is 28.7. The van der Waals surface area contributed by atoms with Gasteiger partial charge in [0.2, 0.25) is 5.91 Å². The van der Waals surface area contributed by atoms with Crippen LogP contribution in [0.4, 0.5) is 5.82 Å². The van der Waals surface area contributed by atoms with Crippen molar-refractivity contribution in [1.29, 1.82) is 0 Å². The van der Waals surface area contributed by atoms with Gasteiger partial charge >= 0.3 is 0 Å². The zero-order valence-corrected chi connectivity index (χ0v) is 19.9. The number of anilines is 1. The lowest BCUT2D eigenvalue weighted by Crippen LogP contribution is -2.52. The van der Waals surface area contributed by atoms with E-state index in [1.54, 1.807) is 0 Å². The van der Waals surface area contributed by atoms with Crippen LogP contribution >= 0.6 is 0 Å². The molecule has 1 unspecified atom stereocenters. The minimum absolute atomic E-state index is 0.0815. The molecule has 1 aromatic rings. The van der Waals surface area contributed by atoms with Crippen molar-refractivity contribution in [3.05, 3.63) is 17.6 Å². The van der Waals surface area contributed by atoms with E-state index in [1.807, 2.05) is 6.92 Å². The average Bonchev–Trinajstić information content (AvgIpc) is 2.72. The third-order valence-electron chi connectivity index (χ3n) is 5.81. The van der Waals surface area contributed by atoms with Gasteiger partial charge in [-0.2, -0.15) is 0 Å². The van der Waals surface area contributed by atoms with E-state index in [1.165, 1.54) is 0 Å². The van der Waals surface area contributed by atoms with Crippen molar-refractivity contribution in [2.45, 2.75) is 46.6 Å². The third-order valence-corrected chi connectivity index (χ3v) is 5.81. The summed E-state index contributed by atoms with van der Waals surface area (Å²) in [6.07, 6.45) is 0.0875. The minimum atomic E-state index is 0.0815. The molecule has 0 bridgehead atoms. The molecule has 174 valence electrons. The zero-order chi connectivity index (χ0) is 22.4. The van der Waals surface area contributed by atoms with Gasteiger partial charge in [-0.05, 0) is 12.8 Å². The Morgan fingerprint density at radius 2 is 1.87 bits per heavy atom. The number of amides is 1. The first-order valence-corrected chi connectivity index (χ1v) is 11.7. The maximum absolute atomic E-state index is 12.5. The SMILES string of the molecule is Cc1cc(N2CCN(CC(=O)NCC3CN(CC(C)C)CCO3)CC2)nc(C(C)C)n1. The number of rotatable bonds is 8. The van der Waals surface area contributed by atoms with Gasteiger partial charge in [0.05, 0.1) is 19.3 Å². The highest BCUT2D eigenvalue weighted by molar-refractivity contribution is 5.78. The molecule has 1 atom stereocenters. The van der Waals surface area contributed by atoms with Crippen molar-refractivity contribution in [3.63, 3.8) is 0 Å². The molecule has 0 aliphatic carbocycles. The molecule has 31 heavy (non-hydrogen) atoms. The van der Waals surface area contributed by atoms with Gasteiger partial charge in [-0.1, -0.05) is 27.7 Å². The smallest absolute Gasteiger partial charge is 0.234 e. The lowest BCUT2D eigenvalue weighted by molar-refractivity contribution is -0.123. The van der Waals surface area contributed by atoms with Crippen molar-refractivity contribution >= 4 is 11.7 Å². The van der Waals surface area contributed by atoms with E-state index in [4.69, 9.17) is 9.72 Å². The Kier molecular flexibility index (Phi) is 8.63. The molecule has 1 N–H and O–H groups in total. The highest BCUT2D eigenvalue weighted by Crippen LogP contribution is 2.18. The van der Waals surface area contributed by atoms with E-state index in [2.05, 4.69) is 58.8 Å². The Bertz CT molecular complexity index is 718. The second kappa shape index (κ2) is 11.2. The summed E-state index contributed by atoms with van der Waals surface area (Å²) in [6.45, 7) is 18.9. The van der Waals surface area contributed by atoms with Crippen LogP contribution in [-0.2, 0) is 9.53 Å². The number of morpholine rings is 1. The van der Waals surface area contributed by atoms with Crippen LogP contribution in [0, 0.1) is 12.8 Å². The van der Waals surface area contributed by atoms with Gasteiger partial charge in [-0.25, -0.2) is 9.97 Å². The highest BCUT2D eigenvalue weighted by Gasteiger charge is 2.23. The van der Waals surface area contributed by atoms with E-state index in [0.29, 0.717) is 24.9 Å². The molecule has 0 aromatic carbocycles. The molecular formula is C23H40N6O2. The first kappa shape index (κ1) is 23.9. The van der Waals surface area contributed by atoms with E-state index < -0.39 is 0 Å². The quantitative estimate of drug-likeness (QED) is 0.667. The van der Waals surface area contributed by atoms with Crippen LogP contribution in [-0.4, -0.2) is 97.3 Å². The molecule has 1 aromatic heterocycles. The molecule has 3 heterocycles. The Morgan fingerprint density at radius 1 is 1.13 bits per heavy atom. The summed E-state index contributed by atoms with van der Waals surface area (Å²) < 4.78 is 5.84. The Balaban J connectivity index is 1.40. The lowest BCUT2D eigenvalue weighted by Gasteiger charge is -2.36. The third kappa shape index (κ3) is 7.40. The number of hydrogen-bond donors (Lipinski definition) is 1. The molecule has 2 aliphatic heterocycles. The molecule has 3 rings (SSSR count). The first-order valence-electron chi connectivity index (χ1n) is 11.7. The van der Waals surface area contributed by atoms with Crippen molar-refractivity contribution in [2.24, 2.45) is 5.92 Å². The van der Waals surface area contributed by atoms with Crippen LogP contribution in [0.25, 0.3) is 0 Å². The predicted octanol–water partition coefficient (Wildman–Crippen LogP) is 1.50. The molecule has 0 saturated carbocycles. The van der Waals surface area contributed by atoms with Gasteiger partial charge in [0.25, 0.3) is 0 Å². The molecule has 2 fully saturated rings. The lowest BCUT2D eigenvalue weighted by atomic mass is 10.2. The standard InChI is InChI=1S/C23H40N6O2/c1-17(2)14-28-10-11-31-20(15-28)13-24-22(30)16-27-6-8-29(9-7-27)21-12-19(5)25-23(26-21)18(3)4/h12,17-18,20H,6-11,13-16H2,1-5H3,(H,24,30). The fraction of sp³-hybridized carbons (Fsp3) is 0.783. The van der Waals surface area contributed by atoms with E-state index in [0.717, 1.165) is 69.8 Å². The summed E-state index contributed by atoms with van der Waals surface area (Å²) >= 11 is 0. The number of nitrogens with zero attached hydrogens (tertiary/aromatic N) is 5. The zero-order valence-electron chi connectivity index (χ0n) is 19.9. The average molecular weight is 433 g/mol. The number of carbonyl (C=O) groups is 1. The molecule has 0 radical (unpaired) electrons. The number of aromatic nitrogens is 2. The first-order chi connectivity index (χ1) is 14.8. The Hall–Kier alpha value is -1.77. The van der Waals surface area contributed by atoms with E-state index in [-0.39, 0.29) is 12.0 Å². The molecule has 0 spiro atoms. The number of carbonyl (C=O) groups excluding carboxylic acids is 1. The number of hydrogen-bond acceptors (Lipinski definition) is 7. The van der Waals surface area contributed by atoms with Gasteiger partial charge in [0.1, 0.15) is 11.6 Å². The van der Waals surface area contributed by atoms with Crippen LogP contribution in [0.3, 0.4) is 0 Å². The maximum Gasteiger partial charge on any atom is 0.234 e. The summed E-state index contributed by atoms with van der Waals surface area (Å²) in [7, 11) is 0. The molecule has 1 amide bonds. The summed E-state index contributed by atoms with van der Waals surface area (Å²) in [5.74, 6) is 2.94. The minimum Gasteiger partial charge on any atom is -0.374 e. The van der Waals surface area contributed by atoms with Crippen LogP contribution in [0.15, 0.2) is 6.07 Å². The van der Waals surface area contributed by atoms with Gasteiger partial charge in [-0.15, -0.1) is 0 Å². The van der Waals surface area contributed by atoms with Crippen LogP contribution in [0.1, 0.15) is 45.1 Å². The fourth-order valence-electron chi connectivity index (χ4n) is 4.20. The van der Waals surface area contributed by atoms with Crippen molar-refractivity contribution in [1.82, 2.24) is 25.1 Å². The number of nitrogens with one attached hydrogen (secondary N) is 1. The monoisotopic (exact) mass is 432 g/mol. The second-order valence-electron chi connectivity index (χ2n) is 9.59. The largest absolute Gasteiger partial charge is 0.374 e. The molecule has 8 nitrogen and oxygen atoms in total. The maximum atomic E-state index is 12.5. The van der Waals surface area contributed by atoms with Gasteiger partial charge in [-0.3, -0.25) is 14.6 Å². The van der Waals surface area contributed by atoms with Crippen LogP contribution in [0.5, 0.6) is 0 Å². The fourth-order valence-corrected chi connectivity index (χ4v) is 4.20. The predicted molar refractivity (Wildman–Crippen MR) is 124 cm³/mol. The topological polar surface area (TPSA) is 73.8 Å². The van der Waals surface area contributed by atoms with Crippen molar-refractivity contribution in [2.75, 3.05) is 70.4 Å². The molecular weight excluding hydrogens is 392 g/mol. The Morgan fingerprint density at radius 3 is 2.55 bits per heavy atom. The van der Waals surface area contributed by atoms with Gasteiger partial charge in [0.15, 0.2) is 0 Å². The molecule has 2 aliphatic rings. The van der Waals surface area contributed by atoms with E-state index in [9.17, 15) is 4.79 Å². The van der Waals surface area contributed by atoms with Crippen molar-refractivity contribution < 1.29 is 9.53 Å². The Labute approximate surface area is 187 Å². The summed E-state index contributed by atoms with van der Waals surface area (Å²) in [5.41, 5.74) is 1.01. The number of aryl methyl sites for hydroxylation is 1. The van der Waals surface area contributed by atoms with Crippen molar-refractivity contribution in [3.8, 4) is 0 Å². The second-order valence-corrected chi connectivity index (χ2v) is 9.59. The molecule has 2 saturated heterocycles. The van der Waals surface area contributed by atoms with Crippen LogP contribution < -0.4 is 10.2 Å². The molecule has 8 heteroatoms. The normalized spacial score (nSPS) is 21.1.